The Morgan fingerprint density at radius 2 is 1.60 bits per heavy atom. The van der Waals surface area contributed by atoms with Crippen LogP contribution in [0.15, 0.2) is 12.1 Å². The summed E-state index contributed by atoms with van der Waals surface area (Å²) >= 11 is 0. The SMILES string of the molecule is COc1cc(C)c(CN2CCN([C@@H](C)C(=O)N3C[C@H](C)C[C@H](C)C3)CC2)cc1OC. The van der Waals surface area contributed by atoms with Crippen LogP contribution in [-0.2, 0) is 11.3 Å². The van der Waals surface area contributed by atoms with Crippen LogP contribution in [0.3, 0.4) is 0 Å². The molecule has 1 amide bonds. The highest BCUT2D eigenvalue weighted by Gasteiger charge is 2.32. The number of carbonyl (C=O) groups excluding carboxylic acids is 1. The Labute approximate surface area is 182 Å². The largest absolute Gasteiger partial charge is 0.493 e. The Morgan fingerprint density at radius 1 is 1.03 bits per heavy atom. The van der Waals surface area contributed by atoms with Gasteiger partial charge in [-0.2, -0.15) is 0 Å². The summed E-state index contributed by atoms with van der Waals surface area (Å²) in [5.41, 5.74) is 2.48. The zero-order chi connectivity index (χ0) is 21.8. The van der Waals surface area contributed by atoms with Crippen molar-refractivity contribution < 1.29 is 14.3 Å². The number of aryl methyl sites for hydroxylation is 1. The fourth-order valence-electron chi connectivity index (χ4n) is 5.01. The smallest absolute Gasteiger partial charge is 0.239 e. The van der Waals surface area contributed by atoms with Crippen molar-refractivity contribution in [3.8, 4) is 11.5 Å². The minimum absolute atomic E-state index is 0.0348. The first kappa shape index (κ1) is 22.9. The van der Waals surface area contributed by atoms with Gasteiger partial charge in [0.1, 0.15) is 0 Å². The lowest BCUT2D eigenvalue weighted by Crippen LogP contribution is -2.56. The van der Waals surface area contributed by atoms with Gasteiger partial charge in [0.05, 0.1) is 20.3 Å². The molecule has 1 aromatic carbocycles. The lowest BCUT2D eigenvalue weighted by Gasteiger charge is -2.41. The first-order chi connectivity index (χ1) is 14.3. The first-order valence-corrected chi connectivity index (χ1v) is 11.3. The quantitative estimate of drug-likeness (QED) is 0.712. The van der Waals surface area contributed by atoms with E-state index in [0.29, 0.717) is 17.7 Å². The number of hydrogen-bond acceptors (Lipinski definition) is 5. The number of likely N-dealkylation sites (tertiary alicyclic amines) is 1. The number of benzene rings is 1. The van der Waals surface area contributed by atoms with Crippen molar-refractivity contribution in [2.45, 2.75) is 46.7 Å². The van der Waals surface area contributed by atoms with Gasteiger partial charge < -0.3 is 14.4 Å². The van der Waals surface area contributed by atoms with Gasteiger partial charge >= 0.3 is 0 Å². The molecule has 3 rings (SSSR count). The first-order valence-electron chi connectivity index (χ1n) is 11.3. The average molecular weight is 418 g/mol. The maximum Gasteiger partial charge on any atom is 0.239 e. The summed E-state index contributed by atoms with van der Waals surface area (Å²) in [7, 11) is 3.35. The third-order valence-corrected chi connectivity index (χ3v) is 6.73. The van der Waals surface area contributed by atoms with Gasteiger partial charge in [0.25, 0.3) is 0 Å². The summed E-state index contributed by atoms with van der Waals surface area (Å²) in [6.45, 7) is 15.2. The van der Waals surface area contributed by atoms with E-state index in [1.807, 2.05) is 6.07 Å². The van der Waals surface area contributed by atoms with Crippen molar-refractivity contribution >= 4 is 5.91 Å². The van der Waals surface area contributed by atoms with E-state index in [9.17, 15) is 4.79 Å². The summed E-state index contributed by atoms with van der Waals surface area (Å²) in [4.78, 5) is 20.0. The summed E-state index contributed by atoms with van der Waals surface area (Å²) in [6.07, 6.45) is 1.23. The molecule has 2 saturated heterocycles. The summed E-state index contributed by atoms with van der Waals surface area (Å²) in [6, 6.07) is 4.10. The normalized spacial score (nSPS) is 24.5. The number of nitrogens with zero attached hydrogens (tertiary/aromatic N) is 3. The highest BCUT2D eigenvalue weighted by atomic mass is 16.5. The van der Waals surface area contributed by atoms with Crippen LogP contribution in [-0.4, -0.2) is 80.1 Å². The van der Waals surface area contributed by atoms with Crippen molar-refractivity contribution in [1.29, 1.82) is 0 Å². The van der Waals surface area contributed by atoms with Gasteiger partial charge in [-0.3, -0.25) is 14.6 Å². The molecule has 168 valence electrons. The number of ether oxygens (including phenoxy) is 2. The molecular weight excluding hydrogens is 378 g/mol. The van der Waals surface area contributed by atoms with E-state index in [-0.39, 0.29) is 6.04 Å². The van der Waals surface area contributed by atoms with E-state index in [2.05, 4.69) is 48.5 Å². The number of amides is 1. The van der Waals surface area contributed by atoms with Gasteiger partial charge in [-0.15, -0.1) is 0 Å². The molecular formula is C24H39N3O3. The number of piperidine rings is 1. The highest BCUT2D eigenvalue weighted by Crippen LogP contribution is 2.31. The molecule has 0 spiro atoms. The molecule has 6 nitrogen and oxygen atoms in total. The van der Waals surface area contributed by atoms with Crippen LogP contribution < -0.4 is 9.47 Å². The molecule has 2 aliphatic heterocycles. The van der Waals surface area contributed by atoms with Crippen LogP contribution in [0, 0.1) is 18.8 Å². The second kappa shape index (κ2) is 10.0. The van der Waals surface area contributed by atoms with E-state index in [0.717, 1.165) is 57.3 Å². The Kier molecular flexibility index (Phi) is 7.64. The van der Waals surface area contributed by atoms with E-state index >= 15 is 0 Å². The monoisotopic (exact) mass is 417 g/mol. The van der Waals surface area contributed by atoms with Crippen LogP contribution in [0.5, 0.6) is 11.5 Å². The number of hydrogen-bond donors (Lipinski definition) is 0. The van der Waals surface area contributed by atoms with Crippen LogP contribution in [0.25, 0.3) is 0 Å². The van der Waals surface area contributed by atoms with Gasteiger partial charge in [0.2, 0.25) is 5.91 Å². The Morgan fingerprint density at radius 3 is 2.17 bits per heavy atom. The third-order valence-electron chi connectivity index (χ3n) is 6.73. The van der Waals surface area contributed by atoms with Gasteiger partial charge in [0.15, 0.2) is 11.5 Å². The predicted molar refractivity (Wildman–Crippen MR) is 120 cm³/mol. The molecule has 0 N–H and O–H groups in total. The van der Waals surface area contributed by atoms with Crippen LogP contribution in [0.1, 0.15) is 38.3 Å². The molecule has 6 heteroatoms. The fourth-order valence-corrected chi connectivity index (χ4v) is 5.01. The van der Waals surface area contributed by atoms with E-state index in [1.165, 1.54) is 17.5 Å². The van der Waals surface area contributed by atoms with Crippen molar-refractivity contribution in [3.63, 3.8) is 0 Å². The Bertz CT molecular complexity index is 721. The minimum atomic E-state index is -0.0348. The van der Waals surface area contributed by atoms with Crippen LogP contribution in [0.2, 0.25) is 0 Å². The molecule has 3 atom stereocenters. The molecule has 0 saturated carbocycles. The molecule has 2 fully saturated rings. The van der Waals surface area contributed by atoms with Crippen molar-refractivity contribution in [3.05, 3.63) is 23.3 Å². The predicted octanol–water partition coefficient (Wildman–Crippen LogP) is 3.02. The van der Waals surface area contributed by atoms with Gasteiger partial charge in [-0.1, -0.05) is 13.8 Å². The minimum Gasteiger partial charge on any atom is -0.493 e. The summed E-state index contributed by atoms with van der Waals surface area (Å²) < 4.78 is 10.9. The molecule has 1 aromatic rings. The van der Waals surface area contributed by atoms with Crippen molar-refractivity contribution in [2.24, 2.45) is 11.8 Å². The maximum atomic E-state index is 13.1. The standard InChI is InChI=1S/C24H39N3O3/c1-17-11-18(2)15-27(14-17)24(28)20(4)26-9-7-25(8-10-26)16-21-13-23(30-6)22(29-5)12-19(21)3/h12-13,17-18,20H,7-11,14-16H2,1-6H3/t17-,18+,20-/m0/s1. The number of carbonyl (C=O) groups is 1. The lowest BCUT2D eigenvalue weighted by atomic mass is 9.91. The zero-order valence-corrected chi connectivity index (χ0v) is 19.6. The van der Waals surface area contributed by atoms with E-state index in [1.54, 1.807) is 14.2 Å². The number of piperazine rings is 1. The van der Waals surface area contributed by atoms with Crippen molar-refractivity contribution in [1.82, 2.24) is 14.7 Å². The Balaban J connectivity index is 1.55. The summed E-state index contributed by atoms with van der Waals surface area (Å²) in [5.74, 6) is 3.06. The van der Waals surface area contributed by atoms with E-state index in [4.69, 9.17) is 9.47 Å². The second-order valence-corrected chi connectivity index (χ2v) is 9.31. The van der Waals surface area contributed by atoms with Crippen LogP contribution >= 0.6 is 0 Å². The van der Waals surface area contributed by atoms with Gasteiger partial charge in [-0.25, -0.2) is 0 Å². The molecule has 2 heterocycles. The number of methoxy groups -OCH3 is 2. The molecule has 2 aliphatic rings. The number of rotatable bonds is 6. The Hall–Kier alpha value is -1.79. The molecule has 0 bridgehead atoms. The second-order valence-electron chi connectivity index (χ2n) is 9.31. The molecule has 30 heavy (non-hydrogen) atoms. The zero-order valence-electron chi connectivity index (χ0n) is 19.6. The lowest BCUT2D eigenvalue weighted by molar-refractivity contribution is -0.139. The van der Waals surface area contributed by atoms with Gasteiger partial charge in [-0.05, 0) is 55.4 Å². The highest BCUT2D eigenvalue weighted by molar-refractivity contribution is 5.81. The van der Waals surface area contributed by atoms with Crippen LogP contribution in [0.4, 0.5) is 0 Å². The molecule has 0 aliphatic carbocycles. The summed E-state index contributed by atoms with van der Waals surface area (Å²) in [5, 5.41) is 0. The maximum absolute atomic E-state index is 13.1. The molecule has 0 unspecified atom stereocenters. The average Bonchev–Trinajstić information content (AvgIpc) is 2.73. The fraction of sp³-hybridized carbons (Fsp3) is 0.708. The van der Waals surface area contributed by atoms with E-state index < -0.39 is 0 Å². The molecule has 0 aromatic heterocycles. The van der Waals surface area contributed by atoms with Crippen molar-refractivity contribution in [2.75, 3.05) is 53.5 Å². The topological polar surface area (TPSA) is 45.2 Å². The molecule has 0 radical (unpaired) electrons. The van der Waals surface area contributed by atoms with Gasteiger partial charge in [0, 0.05) is 45.8 Å². The third kappa shape index (κ3) is 5.27.